The highest BCUT2D eigenvalue weighted by Crippen LogP contribution is 2.26. The van der Waals surface area contributed by atoms with Gasteiger partial charge in [0.1, 0.15) is 0 Å². The van der Waals surface area contributed by atoms with Crippen molar-refractivity contribution in [3.8, 4) is 0 Å². The lowest BCUT2D eigenvalue weighted by Gasteiger charge is -2.17. The molecule has 1 aliphatic heterocycles. The minimum absolute atomic E-state index is 0.345. The van der Waals surface area contributed by atoms with E-state index in [1.807, 2.05) is 26.0 Å². The van der Waals surface area contributed by atoms with Crippen LogP contribution < -0.4 is 5.32 Å². The standard InChI is InChI=1S/C16H14N2O2/c1-9-7-10(2)17-14(9)8-13-11-5-3-4-6-12(11)15(19)18-16(13)20/h3-8,17H,1-2H3,(H,18,19,20)/b13-8-. The largest absolute Gasteiger partial charge is 0.359 e. The Balaban J connectivity index is 2.18. The molecule has 0 spiro atoms. The maximum absolute atomic E-state index is 12.1. The van der Waals surface area contributed by atoms with Gasteiger partial charge in [-0.05, 0) is 37.6 Å². The molecule has 0 atom stereocenters. The third-order valence-corrected chi connectivity index (χ3v) is 3.41. The summed E-state index contributed by atoms with van der Waals surface area (Å²) < 4.78 is 0. The monoisotopic (exact) mass is 266 g/mol. The molecule has 0 radical (unpaired) electrons. The van der Waals surface area contributed by atoms with Crippen molar-refractivity contribution in [1.82, 2.24) is 10.3 Å². The van der Waals surface area contributed by atoms with E-state index in [0.29, 0.717) is 16.7 Å². The normalized spacial score (nSPS) is 16.2. The number of carbonyl (C=O) groups excluding carboxylic acids is 2. The number of aromatic nitrogens is 1. The molecule has 1 aromatic carbocycles. The fourth-order valence-electron chi connectivity index (χ4n) is 2.46. The number of H-pyrrole nitrogens is 1. The molecule has 20 heavy (non-hydrogen) atoms. The molecule has 1 aliphatic rings. The Morgan fingerprint density at radius 3 is 2.35 bits per heavy atom. The smallest absolute Gasteiger partial charge is 0.258 e. The van der Waals surface area contributed by atoms with Gasteiger partial charge in [-0.2, -0.15) is 0 Å². The number of imide groups is 1. The summed E-state index contributed by atoms with van der Waals surface area (Å²) in [6, 6.07) is 9.14. The summed E-state index contributed by atoms with van der Waals surface area (Å²) in [5, 5.41) is 2.37. The van der Waals surface area contributed by atoms with E-state index >= 15 is 0 Å². The fourth-order valence-corrected chi connectivity index (χ4v) is 2.46. The Kier molecular flexibility index (Phi) is 2.79. The lowest BCUT2D eigenvalue weighted by Crippen LogP contribution is -2.36. The van der Waals surface area contributed by atoms with E-state index in [9.17, 15) is 9.59 Å². The van der Waals surface area contributed by atoms with Crippen LogP contribution >= 0.6 is 0 Å². The number of carbonyl (C=O) groups is 2. The molecule has 2 aromatic rings. The van der Waals surface area contributed by atoms with Gasteiger partial charge >= 0.3 is 0 Å². The molecule has 2 N–H and O–H groups in total. The van der Waals surface area contributed by atoms with Crippen LogP contribution in [0.4, 0.5) is 0 Å². The highest BCUT2D eigenvalue weighted by Gasteiger charge is 2.26. The zero-order valence-electron chi connectivity index (χ0n) is 11.3. The van der Waals surface area contributed by atoms with Crippen molar-refractivity contribution in [2.24, 2.45) is 0 Å². The average Bonchev–Trinajstić information content (AvgIpc) is 2.73. The van der Waals surface area contributed by atoms with Gasteiger partial charge < -0.3 is 4.98 Å². The van der Waals surface area contributed by atoms with Crippen molar-refractivity contribution in [3.05, 3.63) is 58.4 Å². The highest BCUT2D eigenvalue weighted by atomic mass is 16.2. The summed E-state index contributed by atoms with van der Waals surface area (Å²) in [5.41, 5.74) is 4.70. The van der Waals surface area contributed by atoms with Crippen LogP contribution in [0, 0.1) is 13.8 Å². The molecule has 3 rings (SSSR count). The van der Waals surface area contributed by atoms with Crippen molar-refractivity contribution < 1.29 is 9.59 Å². The average molecular weight is 266 g/mol. The van der Waals surface area contributed by atoms with Crippen molar-refractivity contribution in [2.45, 2.75) is 13.8 Å². The number of benzene rings is 1. The van der Waals surface area contributed by atoms with Crippen LogP contribution in [0.1, 0.15) is 32.9 Å². The molecular formula is C16H14N2O2. The van der Waals surface area contributed by atoms with Crippen LogP contribution in [0.25, 0.3) is 11.6 Å². The summed E-state index contributed by atoms with van der Waals surface area (Å²) in [6.45, 7) is 3.95. The Morgan fingerprint density at radius 2 is 1.70 bits per heavy atom. The summed E-state index contributed by atoms with van der Waals surface area (Å²) in [7, 11) is 0. The SMILES string of the molecule is Cc1cc(C)c(/C=C2\C(=O)NC(=O)c3ccccc32)[nH]1. The van der Waals surface area contributed by atoms with E-state index in [1.54, 1.807) is 24.3 Å². The molecule has 0 bridgehead atoms. The first-order valence-electron chi connectivity index (χ1n) is 6.39. The number of hydrogen-bond acceptors (Lipinski definition) is 2. The van der Waals surface area contributed by atoms with E-state index < -0.39 is 0 Å². The van der Waals surface area contributed by atoms with Gasteiger partial charge in [0, 0.05) is 28.1 Å². The molecule has 0 saturated heterocycles. The van der Waals surface area contributed by atoms with Gasteiger partial charge in [0.15, 0.2) is 0 Å². The third kappa shape index (κ3) is 1.95. The number of amides is 2. The molecule has 2 heterocycles. The summed E-state index contributed by atoms with van der Waals surface area (Å²) in [6.07, 6.45) is 1.79. The van der Waals surface area contributed by atoms with Crippen LogP contribution in [0.2, 0.25) is 0 Å². The molecule has 0 unspecified atom stereocenters. The molecule has 0 aliphatic carbocycles. The molecule has 1 aromatic heterocycles. The fraction of sp³-hybridized carbons (Fsp3) is 0.125. The maximum Gasteiger partial charge on any atom is 0.258 e. The van der Waals surface area contributed by atoms with Gasteiger partial charge in [0.05, 0.1) is 0 Å². The number of fused-ring (bicyclic) bond motifs is 1. The number of rotatable bonds is 1. The number of aromatic amines is 1. The second kappa shape index (κ2) is 4.49. The topological polar surface area (TPSA) is 62.0 Å². The summed E-state index contributed by atoms with van der Waals surface area (Å²) in [5.74, 6) is -0.706. The van der Waals surface area contributed by atoms with E-state index in [-0.39, 0.29) is 11.8 Å². The molecule has 0 saturated carbocycles. The minimum Gasteiger partial charge on any atom is -0.359 e. The van der Waals surface area contributed by atoms with Gasteiger partial charge in [-0.1, -0.05) is 18.2 Å². The van der Waals surface area contributed by atoms with Gasteiger partial charge in [-0.15, -0.1) is 0 Å². The van der Waals surface area contributed by atoms with Crippen LogP contribution in [-0.4, -0.2) is 16.8 Å². The Labute approximate surface area is 116 Å². The molecule has 2 amide bonds. The number of nitrogens with one attached hydrogen (secondary N) is 2. The van der Waals surface area contributed by atoms with Crippen molar-refractivity contribution in [1.29, 1.82) is 0 Å². The zero-order chi connectivity index (χ0) is 14.3. The number of hydrogen-bond donors (Lipinski definition) is 2. The van der Waals surface area contributed by atoms with Crippen LogP contribution in [0.5, 0.6) is 0 Å². The predicted octanol–water partition coefficient (Wildman–Crippen LogP) is 2.44. The van der Waals surface area contributed by atoms with Gasteiger partial charge in [-0.3, -0.25) is 14.9 Å². The first kappa shape index (κ1) is 12.4. The Morgan fingerprint density at radius 1 is 1.00 bits per heavy atom. The molecule has 0 fully saturated rings. The van der Waals surface area contributed by atoms with Crippen molar-refractivity contribution in [2.75, 3.05) is 0 Å². The van der Waals surface area contributed by atoms with Crippen molar-refractivity contribution >= 4 is 23.5 Å². The van der Waals surface area contributed by atoms with Gasteiger partial charge in [0.2, 0.25) is 0 Å². The quantitative estimate of drug-likeness (QED) is 0.615. The van der Waals surface area contributed by atoms with Crippen LogP contribution in [0.15, 0.2) is 30.3 Å². The lowest BCUT2D eigenvalue weighted by molar-refractivity contribution is -0.114. The molecule has 4 nitrogen and oxygen atoms in total. The Hall–Kier alpha value is -2.62. The van der Waals surface area contributed by atoms with E-state index in [2.05, 4.69) is 10.3 Å². The summed E-state index contributed by atoms with van der Waals surface area (Å²) in [4.78, 5) is 27.1. The molecule has 100 valence electrons. The minimum atomic E-state index is -0.361. The second-order valence-corrected chi connectivity index (χ2v) is 4.94. The first-order valence-corrected chi connectivity index (χ1v) is 6.39. The molecular weight excluding hydrogens is 252 g/mol. The third-order valence-electron chi connectivity index (χ3n) is 3.41. The number of aryl methyl sites for hydroxylation is 2. The van der Waals surface area contributed by atoms with E-state index in [1.165, 1.54) is 0 Å². The first-order chi connectivity index (χ1) is 9.56. The van der Waals surface area contributed by atoms with Crippen molar-refractivity contribution in [3.63, 3.8) is 0 Å². The van der Waals surface area contributed by atoms with E-state index in [4.69, 9.17) is 0 Å². The maximum atomic E-state index is 12.1. The van der Waals surface area contributed by atoms with E-state index in [0.717, 1.165) is 17.0 Å². The lowest BCUT2D eigenvalue weighted by atomic mass is 9.94. The van der Waals surface area contributed by atoms with Crippen LogP contribution in [-0.2, 0) is 4.79 Å². The predicted molar refractivity (Wildman–Crippen MR) is 77.1 cm³/mol. The molecule has 4 heteroatoms. The van der Waals surface area contributed by atoms with Crippen LogP contribution in [0.3, 0.4) is 0 Å². The Bertz CT molecular complexity index is 754. The van der Waals surface area contributed by atoms with Gasteiger partial charge in [0.25, 0.3) is 11.8 Å². The second-order valence-electron chi connectivity index (χ2n) is 4.94. The summed E-state index contributed by atoms with van der Waals surface area (Å²) >= 11 is 0. The zero-order valence-corrected chi connectivity index (χ0v) is 11.3. The highest BCUT2D eigenvalue weighted by molar-refractivity contribution is 6.33. The van der Waals surface area contributed by atoms with Gasteiger partial charge in [-0.25, -0.2) is 0 Å².